The molecule has 0 spiro atoms. The molecule has 0 aromatic heterocycles. The summed E-state index contributed by atoms with van der Waals surface area (Å²) in [6.45, 7) is 7.76. The maximum atomic E-state index is 12.5. The number of carbonyl (C=O) groups excluding carboxylic acids is 1. The maximum Gasteiger partial charge on any atom is 0.231 e. The van der Waals surface area contributed by atoms with Crippen molar-refractivity contribution in [1.82, 2.24) is 4.90 Å². The number of nitrogens with two attached hydrogens (primary N) is 1. The summed E-state index contributed by atoms with van der Waals surface area (Å²) in [5.74, 6) is 0.00761. The van der Waals surface area contributed by atoms with Crippen LogP contribution in [-0.4, -0.2) is 40.6 Å². The molecule has 3 N–H and O–H groups in total. The molecular formula is C18H26N2O2. The van der Waals surface area contributed by atoms with Crippen molar-refractivity contribution in [2.45, 2.75) is 56.6 Å². The molecule has 1 saturated carbocycles. The van der Waals surface area contributed by atoms with Crippen molar-refractivity contribution in [3.8, 4) is 0 Å². The van der Waals surface area contributed by atoms with Crippen molar-refractivity contribution in [2.24, 2.45) is 5.73 Å². The van der Waals surface area contributed by atoms with Gasteiger partial charge in [0.15, 0.2) is 0 Å². The molecule has 2 atom stereocenters. The lowest BCUT2D eigenvalue weighted by molar-refractivity contribution is -0.148. The highest BCUT2D eigenvalue weighted by atomic mass is 16.3. The lowest BCUT2D eigenvalue weighted by atomic mass is 9.61. The average Bonchev–Trinajstić information content (AvgIpc) is 3.16. The molecule has 2 aliphatic rings. The molecule has 1 amide bonds. The Labute approximate surface area is 132 Å². The first-order chi connectivity index (χ1) is 10.4. The van der Waals surface area contributed by atoms with Crippen molar-refractivity contribution in [1.29, 1.82) is 0 Å². The van der Waals surface area contributed by atoms with E-state index in [1.165, 1.54) is 0 Å². The molecule has 4 nitrogen and oxygen atoms in total. The van der Waals surface area contributed by atoms with Crippen molar-refractivity contribution in [3.63, 3.8) is 0 Å². The highest BCUT2D eigenvalue weighted by molar-refractivity contribution is 5.90. The summed E-state index contributed by atoms with van der Waals surface area (Å²) in [6, 6.07) is 7.88. The van der Waals surface area contributed by atoms with Gasteiger partial charge in [-0.1, -0.05) is 45.0 Å². The predicted molar refractivity (Wildman–Crippen MR) is 86.6 cm³/mol. The highest BCUT2D eigenvalue weighted by Gasteiger charge is 2.68. The van der Waals surface area contributed by atoms with Crippen LogP contribution in [0.3, 0.4) is 0 Å². The quantitative estimate of drug-likeness (QED) is 0.871. The van der Waals surface area contributed by atoms with Gasteiger partial charge < -0.3 is 10.8 Å². The number of rotatable bonds is 5. The Kier molecular flexibility index (Phi) is 3.57. The fourth-order valence-corrected chi connectivity index (χ4v) is 4.18. The number of hydrogen-bond donors (Lipinski definition) is 2. The summed E-state index contributed by atoms with van der Waals surface area (Å²) >= 11 is 0. The SMILES string of the molecule is CCN1CC(C(N)=O)(c2ccccc2C(C)C)C1C1(O)CC1. The van der Waals surface area contributed by atoms with E-state index < -0.39 is 11.0 Å². The summed E-state index contributed by atoms with van der Waals surface area (Å²) in [5.41, 5.74) is 6.54. The molecule has 1 heterocycles. The van der Waals surface area contributed by atoms with Gasteiger partial charge in [-0.2, -0.15) is 0 Å². The molecule has 1 aromatic carbocycles. The minimum atomic E-state index is -0.762. The van der Waals surface area contributed by atoms with Crippen LogP contribution in [0.5, 0.6) is 0 Å². The molecule has 1 saturated heterocycles. The zero-order valence-electron chi connectivity index (χ0n) is 13.7. The molecule has 0 radical (unpaired) electrons. The lowest BCUT2D eigenvalue weighted by Gasteiger charge is -2.58. The average molecular weight is 302 g/mol. The largest absolute Gasteiger partial charge is 0.388 e. The van der Waals surface area contributed by atoms with Crippen LogP contribution in [0.25, 0.3) is 0 Å². The number of amides is 1. The fourth-order valence-electron chi connectivity index (χ4n) is 4.18. The summed E-state index contributed by atoms with van der Waals surface area (Å²) in [7, 11) is 0. The monoisotopic (exact) mass is 302 g/mol. The third-order valence-corrected chi connectivity index (χ3v) is 5.46. The van der Waals surface area contributed by atoms with Gasteiger partial charge >= 0.3 is 0 Å². The highest BCUT2D eigenvalue weighted by Crippen LogP contribution is 2.55. The number of primary amides is 1. The molecule has 2 unspecified atom stereocenters. The van der Waals surface area contributed by atoms with Gasteiger partial charge in [0.2, 0.25) is 5.91 Å². The van der Waals surface area contributed by atoms with Crippen LogP contribution in [0.1, 0.15) is 50.7 Å². The number of aliphatic hydroxyl groups is 1. The maximum absolute atomic E-state index is 12.5. The van der Waals surface area contributed by atoms with Crippen LogP contribution < -0.4 is 5.73 Å². The van der Waals surface area contributed by atoms with Crippen molar-refractivity contribution in [2.75, 3.05) is 13.1 Å². The number of carbonyl (C=O) groups is 1. The normalized spacial score (nSPS) is 30.1. The van der Waals surface area contributed by atoms with Gasteiger partial charge in [0.1, 0.15) is 5.41 Å². The van der Waals surface area contributed by atoms with E-state index in [4.69, 9.17) is 5.73 Å². The van der Waals surface area contributed by atoms with E-state index in [0.717, 1.165) is 30.5 Å². The standard InChI is InChI=1S/C18H26N2O2/c1-4-20-11-18(16(19)21,15(20)17(22)9-10-17)14-8-6-5-7-13(14)12(2)3/h5-8,12,15,22H,4,9-11H2,1-3H3,(H2,19,21). The van der Waals surface area contributed by atoms with Crippen molar-refractivity contribution >= 4 is 5.91 Å². The Balaban J connectivity index is 2.13. The zero-order valence-corrected chi connectivity index (χ0v) is 13.7. The Morgan fingerprint density at radius 3 is 2.55 bits per heavy atom. The summed E-state index contributed by atoms with van der Waals surface area (Å²) in [5, 5.41) is 10.8. The molecule has 4 heteroatoms. The van der Waals surface area contributed by atoms with Gasteiger partial charge in [-0.05, 0) is 36.4 Å². The van der Waals surface area contributed by atoms with Gasteiger partial charge in [-0.25, -0.2) is 0 Å². The van der Waals surface area contributed by atoms with Gasteiger partial charge in [-0.15, -0.1) is 0 Å². The fraction of sp³-hybridized carbons (Fsp3) is 0.611. The second-order valence-electron chi connectivity index (χ2n) is 7.15. The van der Waals surface area contributed by atoms with Gasteiger partial charge in [0.25, 0.3) is 0 Å². The van der Waals surface area contributed by atoms with Gasteiger partial charge in [-0.3, -0.25) is 9.69 Å². The Bertz CT molecular complexity index is 595. The smallest absolute Gasteiger partial charge is 0.231 e. The second-order valence-corrected chi connectivity index (χ2v) is 7.15. The van der Waals surface area contributed by atoms with Crippen molar-refractivity contribution in [3.05, 3.63) is 35.4 Å². The van der Waals surface area contributed by atoms with Crippen LogP contribution in [0.15, 0.2) is 24.3 Å². The molecule has 1 aromatic rings. The Morgan fingerprint density at radius 1 is 1.41 bits per heavy atom. The van der Waals surface area contributed by atoms with Crippen LogP contribution in [0.4, 0.5) is 0 Å². The predicted octanol–water partition coefficient (Wildman–Crippen LogP) is 1.76. The van der Waals surface area contributed by atoms with Gasteiger partial charge in [0.05, 0.1) is 11.6 Å². The third-order valence-electron chi connectivity index (χ3n) is 5.46. The van der Waals surface area contributed by atoms with Crippen LogP contribution in [-0.2, 0) is 10.2 Å². The summed E-state index contributed by atoms with van der Waals surface area (Å²) in [4.78, 5) is 14.7. The molecule has 1 aliphatic carbocycles. The first-order valence-corrected chi connectivity index (χ1v) is 8.22. The molecule has 0 bridgehead atoms. The Hall–Kier alpha value is -1.39. The van der Waals surface area contributed by atoms with Crippen LogP contribution in [0.2, 0.25) is 0 Å². The van der Waals surface area contributed by atoms with Crippen LogP contribution in [0, 0.1) is 0 Å². The topological polar surface area (TPSA) is 66.6 Å². The lowest BCUT2D eigenvalue weighted by Crippen LogP contribution is -2.76. The molecular weight excluding hydrogens is 276 g/mol. The van der Waals surface area contributed by atoms with E-state index in [2.05, 4.69) is 31.7 Å². The first-order valence-electron chi connectivity index (χ1n) is 8.22. The van der Waals surface area contributed by atoms with E-state index in [1.807, 2.05) is 18.2 Å². The number of benzene rings is 1. The molecule has 2 fully saturated rings. The Morgan fingerprint density at radius 2 is 2.05 bits per heavy atom. The second kappa shape index (κ2) is 5.07. The number of hydrogen-bond acceptors (Lipinski definition) is 3. The van der Waals surface area contributed by atoms with Crippen molar-refractivity contribution < 1.29 is 9.90 Å². The van der Waals surface area contributed by atoms with Gasteiger partial charge in [0, 0.05) is 6.54 Å². The summed E-state index contributed by atoms with van der Waals surface area (Å²) < 4.78 is 0. The minimum Gasteiger partial charge on any atom is -0.388 e. The van der Waals surface area contributed by atoms with E-state index in [0.29, 0.717) is 12.5 Å². The molecule has 3 rings (SSSR count). The zero-order chi connectivity index (χ0) is 16.1. The van der Waals surface area contributed by atoms with Crippen LogP contribution >= 0.6 is 0 Å². The number of likely N-dealkylation sites (tertiary alicyclic amines) is 1. The van der Waals surface area contributed by atoms with E-state index in [-0.39, 0.29) is 11.9 Å². The summed E-state index contributed by atoms with van der Waals surface area (Å²) in [6.07, 6.45) is 1.51. The molecule has 22 heavy (non-hydrogen) atoms. The number of likely N-dealkylation sites (N-methyl/N-ethyl adjacent to an activating group) is 1. The molecule has 1 aliphatic heterocycles. The number of nitrogens with zero attached hydrogens (tertiary/aromatic N) is 1. The van der Waals surface area contributed by atoms with E-state index >= 15 is 0 Å². The van der Waals surface area contributed by atoms with E-state index in [9.17, 15) is 9.90 Å². The van der Waals surface area contributed by atoms with E-state index in [1.54, 1.807) is 0 Å². The minimum absolute atomic E-state index is 0.192. The third kappa shape index (κ3) is 2.01. The molecule has 120 valence electrons. The first kappa shape index (κ1) is 15.5.